The first-order chi connectivity index (χ1) is 9.97. The molecule has 1 heterocycles. The number of hydrogen-bond donors (Lipinski definition) is 2. The van der Waals surface area contributed by atoms with Gasteiger partial charge in [-0.1, -0.05) is 29.8 Å². The Labute approximate surface area is 127 Å². The predicted octanol–water partition coefficient (Wildman–Crippen LogP) is 2.86. The van der Waals surface area contributed by atoms with Crippen LogP contribution in [0.15, 0.2) is 24.3 Å². The van der Waals surface area contributed by atoms with Crippen molar-refractivity contribution < 1.29 is 9.90 Å². The first kappa shape index (κ1) is 15.8. The lowest BCUT2D eigenvalue weighted by atomic mass is 9.92. The van der Waals surface area contributed by atoms with E-state index < -0.39 is 0 Å². The minimum atomic E-state index is -0.276. The second-order valence-electron chi connectivity index (χ2n) is 6.15. The van der Waals surface area contributed by atoms with Gasteiger partial charge in [0.2, 0.25) is 0 Å². The predicted molar refractivity (Wildman–Crippen MR) is 84.1 cm³/mol. The van der Waals surface area contributed by atoms with E-state index in [0.717, 1.165) is 31.5 Å². The van der Waals surface area contributed by atoms with Crippen molar-refractivity contribution in [2.75, 3.05) is 13.1 Å². The molecule has 2 unspecified atom stereocenters. The molecule has 116 valence electrons. The highest BCUT2D eigenvalue weighted by atomic mass is 16.3. The van der Waals surface area contributed by atoms with E-state index in [0.29, 0.717) is 5.92 Å². The summed E-state index contributed by atoms with van der Waals surface area (Å²) in [5, 5.41) is 12.7. The molecule has 1 aliphatic heterocycles. The zero-order valence-electron chi connectivity index (χ0n) is 13.2. The third kappa shape index (κ3) is 4.21. The Hall–Kier alpha value is -1.55. The fraction of sp³-hybridized carbons (Fsp3) is 0.588. The Balaban J connectivity index is 1.86. The summed E-state index contributed by atoms with van der Waals surface area (Å²) >= 11 is 0. The van der Waals surface area contributed by atoms with Gasteiger partial charge in [-0.25, -0.2) is 4.79 Å². The summed E-state index contributed by atoms with van der Waals surface area (Å²) in [6.07, 6.45) is 1.48. The van der Waals surface area contributed by atoms with Crippen molar-refractivity contribution in [2.24, 2.45) is 5.92 Å². The number of nitrogens with zero attached hydrogens (tertiary/aromatic N) is 1. The summed E-state index contributed by atoms with van der Waals surface area (Å²) in [7, 11) is 0. The molecule has 4 heteroatoms. The third-order valence-electron chi connectivity index (χ3n) is 4.43. The Morgan fingerprint density at radius 3 is 2.33 bits per heavy atom. The molecule has 2 rings (SSSR count). The molecule has 1 aromatic rings. The number of piperidine rings is 1. The molecule has 1 saturated heterocycles. The summed E-state index contributed by atoms with van der Waals surface area (Å²) in [6.45, 7) is 7.34. The van der Waals surface area contributed by atoms with Gasteiger partial charge < -0.3 is 15.3 Å². The van der Waals surface area contributed by atoms with Gasteiger partial charge in [-0.2, -0.15) is 0 Å². The van der Waals surface area contributed by atoms with Crippen LogP contribution in [0.25, 0.3) is 0 Å². The summed E-state index contributed by atoms with van der Waals surface area (Å²) in [4.78, 5) is 14.1. The minimum absolute atomic E-state index is 0.00703. The van der Waals surface area contributed by atoms with Crippen LogP contribution in [0.4, 0.5) is 4.79 Å². The number of hydrogen-bond acceptors (Lipinski definition) is 2. The molecular weight excluding hydrogens is 264 g/mol. The summed E-state index contributed by atoms with van der Waals surface area (Å²) in [6, 6.07) is 8.23. The number of aliphatic hydroxyl groups is 1. The van der Waals surface area contributed by atoms with E-state index in [1.807, 2.05) is 18.7 Å². The lowest BCUT2D eigenvalue weighted by Crippen LogP contribution is -2.46. The molecule has 1 fully saturated rings. The monoisotopic (exact) mass is 290 g/mol. The molecule has 1 aliphatic rings. The van der Waals surface area contributed by atoms with Crippen molar-refractivity contribution in [3.63, 3.8) is 0 Å². The van der Waals surface area contributed by atoms with Crippen LogP contribution in [0.3, 0.4) is 0 Å². The Kier molecular flexibility index (Phi) is 5.23. The van der Waals surface area contributed by atoms with Crippen LogP contribution in [0.1, 0.15) is 43.9 Å². The third-order valence-corrected chi connectivity index (χ3v) is 4.43. The topological polar surface area (TPSA) is 52.6 Å². The van der Waals surface area contributed by atoms with Gasteiger partial charge in [0.1, 0.15) is 0 Å². The van der Waals surface area contributed by atoms with E-state index in [9.17, 15) is 9.90 Å². The number of likely N-dealkylation sites (tertiary alicyclic amines) is 1. The van der Waals surface area contributed by atoms with Crippen molar-refractivity contribution in [2.45, 2.75) is 45.8 Å². The van der Waals surface area contributed by atoms with Crippen LogP contribution >= 0.6 is 0 Å². The normalized spacial score (nSPS) is 19.1. The number of urea groups is 1. The van der Waals surface area contributed by atoms with E-state index in [4.69, 9.17) is 0 Å². The number of carbonyl (C=O) groups excluding carboxylic acids is 1. The average Bonchev–Trinajstić information content (AvgIpc) is 2.47. The van der Waals surface area contributed by atoms with Crippen molar-refractivity contribution in [3.05, 3.63) is 35.4 Å². The molecule has 1 aromatic carbocycles. The van der Waals surface area contributed by atoms with Crippen LogP contribution < -0.4 is 5.32 Å². The van der Waals surface area contributed by atoms with E-state index in [-0.39, 0.29) is 18.2 Å². The van der Waals surface area contributed by atoms with Crippen LogP contribution in [-0.2, 0) is 0 Å². The highest BCUT2D eigenvalue weighted by Crippen LogP contribution is 2.21. The molecule has 0 aromatic heterocycles. The molecular formula is C17H26N2O2. The zero-order valence-corrected chi connectivity index (χ0v) is 13.2. The number of aryl methyl sites for hydroxylation is 1. The van der Waals surface area contributed by atoms with E-state index in [1.165, 1.54) is 5.56 Å². The molecule has 0 spiro atoms. The van der Waals surface area contributed by atoms with E-state index >= 15 is 0 Å². The van der Waals surface area contributed by atoms with Crippen molar-refractivity contribution in [1.82, 2.24) is 10.2 Å². The van der Waals surface area contributed by atoms with Gasteiger partial charge in [0, 0.05) is 13.1 Å². The first-order valence-corrected chi connectivity index (χ1v) is 7.77. The number of nitrogens with one attached hydrogen (secondary N) is 1. The second kappa shape index (κ2) is 6.94. The zero-order chi connectivity index (χ0) is 15.4. The number of rotatable bonds is 3. The second-order valence-corrected chi connectivity index (χ2v) is 6.15. The summed E-state index contributed by atoms with van der Waals surface area (Å²) in [5.74, 6) is 0.323. The fourth-order valence-electron chi connectivity index (χ4n) is 2.80. The Morgan fingerprint density at radius 2 is 1.81 bits per heavy atom. The smallest absolute Gasteiger partial charge is 0.317 e. The Morgan fingerprint density at radius 1 is 1.24 bits per heavy atom. The SMILES string of the molecule is Cc1ccc(C(C)NC(=O)N2CCC(C(C)O)CC2)cc1. The van der Waals surface area contributed by atoms with E-state index in [2.05, 4.69) is 36.5 Å². The number of aliphatic hydroxyl groups excluding tert-OH is 1. The van der Waals surface area contributed by atoms with Crippen LogP contribution in [0.2, 0.25) is 0 Å². The lowest BCUT2D eigenvalue weighted by Gasteiger charge is -2.34. The van der Waals surface area contributed by atoms with Crippen molar-refractivity contribution >= 4 is 6.03 Å². The maximum Gasteiger partial charge on any atom is 0.317 e. The molecule has 2 N–H and O–H groups in total. The molecule has 21 heavy (non-hydrogen) atoms. The molecule has 0 bridgehead atoms. The van der Waals surface area contributed by atoms with Crippen LogP contribution in [0.5, 0.6) is 0 Å². The molecule has 2 atom stereocenters. The highest BCUT2D eigenvalue weighted by molar-refractivity contribution is 5.74. The average molecular weight is 290 g/mol. The molecule has 4 nitrogen and oxygen atoms in total. The lowest BCUT2D eigenvalue weighted by molar-refractivity contribution is 0.0794. The van der Waals surface area contributed by atoms with Crippen molar-refractivity contribution in [3.8, 4) is 0 Å². The number of carbonyl (C=O) groups is 1. The standard InChI is InChI=1S/C17H26N2O2/c1-12-4-6-15(7-5-12)13(2)18-17(21)19-10-8-16(9-11-19)14(3)20/h4-7,13-14,16,20H,8-11H2,1-3H3,(H,18,21). The quantitative estimate of drug-likeness (QED) is 0.899. The van der Waals surface area contributed by atoms with Gasteiger partial charge >= 0.3 is 6.03 Å². The van der Waals surface area contributed by atoms with Crippen LogP contribution in [0, 0.1) is 12.8 Å². The van der Waals surface area contributed by atoms with Crippen molar-refractivity contribution in [1.29, 1.82) is 0 Å². The minimum Gasteiger partial charge on any atom is -0.393 e. The molecule has 0 radical (unpaired) electrons. The maximum absolute atomic E-state index is 12.3. The number of benzene rings is 1. The summed E-state index contributed by atoms with van der Waals surface area (Å²) < 4.78 is 0. The largest absolute Gasteiger partial charge is 0.393 e. The van der Waals surface area contributed by atoms with Gasteiger partial charge in [-0.3, -0.25) is 0 Å². The maximum atomic E-state index is 12.3. The van der Waals surface area contributed by atoms with Gasteiger partial charge in [-0.05, 0) is 45.1 Å². The summed E-state index contributed by atoms with van der Waals surface area (Å²) in [5.41, 5.74) is 2.34. The number of amides is 2. The molecule has 2 amide bonds. The molecule has 0 aliphatic carbocycles. The Bertz CT molecular complexity index is 462. The van der Waals surface area contributed by atoms with Crippen LogP contribution in [-0.4, -0.2) is 35.2 Å². The highest BCUT2D eigenvalue weighted by Gasteiger charge is 2.26. The first-order valence-electron chi connectivity index (χ1n) is 7.77. The fourth-order valence-corrected chi connectivity index (χ4v) is 2.80. The molecule has 0 saturated carbocycles. The van der Waals surface area contributed by atoms with Gasteiger partial charge in [-0.15, -0.1) is 0 Å². The van der Waals surface area contributed by atoms with Gasteiger partial charge in [0.05, 0.1) is 12.1 Å². The van der Waals surface area contributed by atoms with Gasteiger partial charge in [0.25, 0.3) is 0 Å². The van der Waals surface area contributed by atoms with Gasteiger partial charge in [0.15, 0.2) is 0 Å². The van der Waals surface area contributed by atoms with E-state index in [1.54, 1.807) is 0 Å².